The van der Waals surface area contributed by atoms with Crippen molar-refractivity contribution in [2.75, 3.05) is 13.2 Å². The molecular weight excluding hydrogens is 320 g/mol. The fraction of sp³-hybridized carbons (Fsp3) is 0.950. The van der Waals surface area contributed by atoms with Crippen molar-refractivity contribution in [3.05, 3.63) is 0 Å². The standard InChI is InChI=1S/C20H40O5/c1-11-20(10,12-13-24-17(3,4)5)19(8,9)25-16(21)23-14-15(2)18(6,7)22/h15,22H,11-14H2,1-10H3. The van der Waals surface area contributed by atoms with E-state index in [9.17, 15) is 9.90 Å². The summed E-state index contributed by atoms with van der Waals surface area (Å²) in [5, 5.41) is 9.92. The van der Waals surface area contributed by atoms with Gasteiger partial charge in [-0.15, -0.1) is 0 Å². The molecule has 0 aromatic heterocycles. The Hall–Kier alpha value is -0.810. The smallest absolute Gasteiger partial charge is 0.434 e. The van der Waals surface area contributed by atoms with E-state index in [4.69, 9.17) is 14.2 Å². The van der Waals surface area contributed by atoms with Crippen LogP contribution in [0, 0.1) is 11.3 Å². The highest BCUT2D eigenvalue weighted by Crippen LogP contribution is 2.41. The summed E-state index contributed by atoms with van der Waals surface area (Å²) >= 11 is 0. The lowest BCUT2D eigenvalue weighted by molar-refractivity contribution is -0.110. The molecule has 2 unspecified atom stereocenters. The second-order valence-corrected chi connectivity index (χ2v) is 9.35. The highest BCUT2D eigenvalue weighted by atomic mass is 16.7. The average molecular weight is 361 g/mol. The predicted molar refractivity (Wildman–Crippen MR) is 101 cm³/mol. The van der Waals surface area contributed by atoms with E-state index in [1.54, 1.807) is 13.8 Å². The molecule has 25 heavy (non-hydrogen) atoms. The van der Waals surface area contributed by atoms with E-state index in [1.165, 1.54) is 0 Å². The highest BCUT2D eigenvalue weighted by Gasteiger charge is 2.43. The Morgan fingerprint density at radius 2 is 1.56 bits per heavy atom. The SMILES string of the molecule is CCC(C)(CCOC(C)(C)C)C(C)(C)OC(=O)OCC(C)C(C)(C)O. The van der Waals surface area contributed by atoms with E-state index in [0.717, 1.165) is 12.8 Å². The first kappa shape index (κ1) is 24.2. The Labute approximate surface area is 154 Å². The first-order valence-corrected chi connectivity index (χ1v) is 9.26. The zero-order chi connectivity index (χ0) is 20.1. The quantitative estimate of drug-likeness (QED) is 0.590. The van der Waals surface area contributed by atoms with Gasteiger partial charge in [0.25, 0.3) is 0 Å². The van der Waals surface area contributed by atoms with Crippen molar-refractivity contribution in [1.82, 2.24) is 0 Å². The fourth-order valence-electron chi connectivity index (χ4n) is 2.24. The molecule has 0 saturated carbocycles. The highest BCUT2D eigenvalue weighted by molar-refractivity contribution is 5.60. The molecule has 0 bridgehead atoms. The summed E-state index contributed by atoms with van der Waals surface area (Å²) in [4.78, 5) is 12.1. The van der Waals surface area contributed by atoms with Gasteiger partial charge in [-0.3, -0.25) is 0 Å². The van der Waals surface area contributed by atoms with Gasteiger partial charge in [0.05, 0.1) is 11.2 Å². The maximum Gasteiger partial charge on any atom is 0.508 e. The number of hydrogen-bond donors (Lipinski definition) is 1. The van der Waals surface area contributed by atoms with E-state index in [0.29, 0.717) is 6.61 Å². The summed E-state index contributed by atoms with van der Waals surface area (Å²) in [6, 6.07) is 0. The molecular formula is C20H40O5. The van der Waals surface area contributed by atoms with Crippen LogP contribution in [0.5, 0.6) is 0 Å². The van der Waals surface area contributed by atoms with Crippen molar-refractivity contribution in [2.45, 2.75) is 98.9 Å². The number of aliphatic hydroxyl groups is 1. The van der Waals surface area contributed by atoms with Crippen molar-refractivity contribution in [1.29, 1.82) is 0 Å². The largest absolute Gasteiger partial charge is 0.508 e. The zero-order valence-corrected chi connectivity index (χ0v) is 18.0. The van der Waals surface area contributed by atoms with Crippen LogP contribution in [0.25, 0.3) is 0 Å². The van der Waals surface area contributed by atoms with Crippen molar-refractivity contribution < 1.29 is 24.1 Å². The molecule has 0 fully saturated rings. The Kier molecular flexibility index (Phi) is 8.44. The third-order valence-electron chi connectivity index (χ3n) is 5.42. The van der Waals surface area contributed by atoms with Crippen LogP contribution in [-0.2, 0) is 14.2 Å². The van der Waals surface area contributed by atoms with Gasteiger partial charge in [0.2, 0.25) is 0 Å². The third-order valence-corrected chi connectivity index (χ3v) is 5.42. The lowest BCUT2D eigenvalue weighted by atomic mass is 9.71. The molecule has 0 aromatic rings. The zero-order valence-electron chi connectivity index (χ0n) is 18.0. The number of rotatable bonds is 9. The van der Waals surface area contributed by atoms with Gasteiger partial charge >= 0.3 is 6.16 Å². The van der Waals surface area contributed by atoms with Crippen LogP contribution in [-0.4, -0.2) is 41.3 Å². The van der Waals surface area contributed by atoms with Crippen LogP contribution in [0.3, 0.4) is 0 Å². The number of ether oxygens (including phenoxy) is 3. The summed E-state index contributed by atoms with van der Waals surface area (Å²) in [6.45, 7) is 20.0. The van der Waals surface area contributed by atoms with Crippen molar-refractivity contribution in [2.24, 2.45) is 11.3 Å². The van der Waals surface area contributed by atoms with Gasteiger partial charge in [-0.1, -0.05) is 20.8 Å². The molecule has 5 nitrogen and oxygen atoms in total. The topological polar surface area (TPSA) is 65.0 Å². The summed E-state index contributed by atoms with van der Waals surface area (Å²) in [5.41, 5.74) is -2.03. The van der Waals surface area contributed by atoms with Gasteiger partial charge in [-0.2, -0.15) is 0 Å². The lowest BCUT2D eigenvalue weighted by Crippen LogP contribution is -2.46. The fourth-order valence-corrected chi connectivity index (χ4v) is 2.24. The van der Waals surface area contributed by atoms with Crippen molar-refractivity contribution in [3.63, 3.8) is 0 Å². The van der Waals surface area contributed by atoms with E-state index in [1.807, 2.05) is 41.5 Å². The summed E-state index contributed by atoms with van der Waals surface area (Å²) in [5.74, 6) is -0.180. The number of carbonyl (C=O) groups is 1. The van der Waals surface area contributed by atoms with Crippen LogP contribution < -0.4 is 0 Å². The molecule has 5 heteroatoms. The van der Waals surface area contributed by atoms with Crippen molar-refractivity contribution in [3.8, 4) is 0 Å². The van der Waals surface area contributed by atoms with E-state index >= 15 is 0 Å². The second kappa shape index (κ2) is 8.72. The molecule has 2 atom stereocenters. The normalized spacial score (nSPS) is 16.9. The van der Waals surface area contributed by atoms with Crippen molar-refractivity contribution >= 4 is 6.16 Å². The van der Waals surface area contributed by atoms with Gasteiger partial charge in [-0.05, 0) is 61.3 Å². The molecule has 0 radical (unpaired) electrons. The molecule has 0 aliphatic heterocycles. The van der Waals surface area contributed by atoms with Gasteiger partial charge in [0.15, 0.2) is 0 Å². The molecule has 0 aliphatic rings. The molecule has 0 aliphatic carbocycles. The van der Waals surface area contributed by atoms with E-state index in [-0.39, 0.29) is 23.5 Å². The minimum Gasteiger partial charge on any atom is -0.434 e. The molecule has 0 amide bonds. The third kappa shape index (κ3) is 8.41. The summed E-state index contributed by atoms with van der Waals surface area (Å²) in [7, 11) is 0. The van der Waals surface area contributed by atoms with Gasteiger partial charge in [-0.25, -0.2) is 4.79 Å². The van der Waals surface area contributed by atoms with Gasteiger partial charge in [0, 0.05) is 17.9 Å². The minimum atomic E-state index is -0.905. The number of hydrogen-bond acceptors (Lipinski definition) is 5. The maximum atomic E-state index is 12.1. The van der Waals surface area contributed by atoms with E-state index < -0.39 is 17.4 Å². The van der Waals surface area contributed by atoms with Crippen LogP contribution >= 0.6 is 0 Å². The van der Waals surface area contributed by atoms with Crippen LogP contribution in [0.1, 0.15) is 82.1 Å². The molecule has 0 spiro atoms. The molecule has 150 valence electrons. The molecule has 0 aromatic carbocycles. The first-order chi connectivity index (χ1) is 11.0. The summed E-state index contributed by atoms with van der Waals surface area (Å²) < 4.78 is 16.7. The molecule has 1 N–H and O–H groups in total. The van der Waals surface area contributed by atoms with Gasteiger partial charge in [0.1, 0.15) is 12.2 Å². The monoisotopic (exact) mass is 360 g/mol. The first-order valence-electron chi connectivity index (χ1n) is 9.26. The predicted octanol–water partition coefficient (Wildman–Crippen LogP) is 4.95. The Balaban J connectivity index is 4.75. The van der Waals surface area contributed by atoms with Crippen LogP contribution in [0.15, 0.2) is 0 Å². The average Bonchev–Trinajstić information content (AvgIpc) is 2.41. The second-order valence-electron chi connectivity index (χ2n) is 9.35. The molecule has 0 saturated heterocycles. The van der Waals surface area contributed by atoms with Gasteiger partial charge < -0.3 is 19.3 Å². The van der Waals surface area contributed by atoms with E-state index in [2.05, 4.69) is 13.8 Å². The number of carbonyl (C=O) groups excluding carboxylic acids is 1. The molecule has 0 heterocycles. The van der Waals surface area contributed by atoms with Crippen LogP contribution in [0.2, 0.25) is 0 Å². The maximum absolute atomic E-state index is 12.1. The molecule has 0 rings (SSSR count). The minimum absolute atomic E-state index is 0.119. The Morgan fingerprint density at radius 1 is 1.04 bits per heavy atom. The lowest BCUT2D eigenvalue weighted by Gasteiger charge is -2.43. The Morgan fingerprint density at radius 3 is 1.96 bits per heavy atom. The summed E-state index contributed by atoms with van der Waals surface area (Å²) in [6.07, 6.45) is 0.930. The van der Waals surface area contributed by atoms with Crippen LogP contribution in [0.4, 0.5) is 4.79 Å². The Bertz CT molecular complexity index is 417.